The van der Waals surface area contributed by atoms with Crippen molar-refractivity contribution in [3.63, 3.8) is 0 Å². The van der Waals surface area contributed by atoms with Crippen LogP contribution in [0.2, 0.25) is 0 Å². The third-order valence-electron chi connectivity index (χ3n) is 2.10. The number of hydrogen-bond acceptors (Lipinski definition) is 4. The quantitative estimate of drug-likeness (QED) is 0.654. The summed E-state index contributed by atoms with van der Waals surface area (Å²) in [5.41, 5.74) is 0. The second-order valence-corrected chi connectivity index (χ2v) is 7.67. The van der Waals surface area contributed by atoms with E-state index in [1.165, 1.54) is 0 Å². The van der Waals surface area contributed by atoms with Gasteiger partial charge in [-0.2, -0.15) is 43.9 Å². The number of nitrogens with zero attached hydrogens (tertiary/aromatic N) is 1. The van der Waals surface area contributed by atoms with Crippen molar-refractivity contribution in [2.45, 2.75) is 29.8 Å². The first-order valence-electron chi connectivity index (χ1n) is 4.85. The fourth-order valence-electron chi connectivity index (χ4n) is 1.02. The molecule has 0 atom stereocenters. The van der Waals surface area contributed by atoms with E-state index in [1.807, 2.05) is 0 Å². The van der Waals surface area contributed by atoms with Gasteiger partial charge in [-0.3, -0.25) is 0 Å². The van der Waals surface area contributed by atoms with Crippen molar-refractivity contribution >= 4 is 20.0 Å². The van der Waals surface area contributed by atoms with Gasteiger partial charge in [-0.15, -0.1) is 0 Å². The highest BCUT2D eigenvalue weighted by atomic mass is 32.3. The van der Waals surface area contributed by atoms with E-state index in [-0.39, 0.29) is 6.92 Å². The van der Waals surface area contributed by atoms with Crippen molar-refractivity contribution in [3.05, 3.63) is 0 Å². The summed E-state index contributed by atoms with van der Waals surface area (Å²) in [5, 5.41) is -13.9. The maximum atomic E-state index is 12.8. The van der Waals surface area contributed by atoms with E-state index in [0.717, 1.165) is 0 Å². The zero-order chi connectivity index (χ0) is 19.3. The lowest BCUT2D eigenvalue weighted by atomic mass is 10.7. The topological polar surface area (TPSA) is 71.5 Å². The van der Waals surface area contributed by atoms with Crippen molar-refractivity contribution in [1.82, 2.24) is 3.71 Å². The molecule has 0 fully saturated rings. The summed E-state index contributed by atoms with van der Waals surface area (Å²) in [6, 6.07) is 0. The average molecular weight is 409 g/mol. The first kappa shape index (κ1) is 22.2. The van der Waals surface area contributed by atoms with Crippen LogP contribution in [0.3, 0.4) is 0 Å². The normalized spacial score (nSPS) is 16.0. The molecule has 17 heteroatoms. The molecular formula is C6H5F10NO4S2. The second-order valence-electron chi connectivity index (χ2n) is 3.63. The van der Waals surface area contributed by atoms with Crippen LogP contribution in [0.25, 0.3) is 0 Å². The molecule has 0 aliphatic carbocycles. The molecule has 0 N–H and O–H groups in total. The molecule has 0 amide bonds. The average Bonchev–Trinajstić information content (AvgIpc) is 2.25. The van der Waals surface area contributed by atoms with Gasteiger partial charge in [-0.05, 0) is 0 Å². The zero-order valence-corrected chi connectivity index (χ0v) is 12.0. The van der Waals surface area contributed by atoms with Gasteiger partial charge < -0.3 is 0 Å². The first-order valence-corrected chi connectivity index (χ1v) is 7.73. The Morgan fingerprint density at radius 2 is 0.870 bits per heavy atom. The molecule has 5 nitrogen and oxygen atoms in total. The van der Waals surface area contributed by atoms with Gasteiger partial charge in [0.15, 0.2) is 0 Å². The molecule has 0 unspecified atom stereocenters. The summed E-state index contributed by atoms with van der Waals surface area (Å²) < 4.78 is 165. The molecule has 0 aromatic carbocycles. The van der Waals surface area contributed by atoms with Crippen LogP contribution in [0.15, 0.2) is 0 Å². The predicted molar refractivity (Wildman–Crippen MR) is 52.2 cm³/mol. The Morgan fingerprint density at radius 1 is 0.652 bits per heavy atom. The van der Waals surface area contributed by atoms with Crippen molar-refractivity contribution in [3.8, 4) is 0 Å². The lowest BCUT2D eigenvalue weighted by molar-refractivity contribution is -0.244. The number of sulfonamides is 2. The minimum atomic E-state index is -7.50. The highest BCUT2D eigenvalue weighted by Crippen LogP contribution is 2.46. The van der Waals surface area contributed by atoms with E-state index in [1.54, 1.807) is 0 Å². The summed E-state index contributed by atoms with van der Waals surface area (Å²) >= 11 is 0. The van der Waals surface area contributed by atoms with Crippen molar-refractivity contribution in [2.24, 2.45) is 0 Å². The van der Waals surface area contributed by atoms with Crippen molar-refractivity contribution in [2.75, 3.05) is 6.54 Å². The van der Waals surface area contributed by atoms with Gasteiger partial charge in [0, 0.05) is 6.54 Å². The molecule has 0 bridgehead atoms. The third-order valence-corrected chi connectivity index (χ3v) is 6.63. The van der Waals surface area contributed by atoms with E-state index in [2.05, 4.69) is 0 Å². The van der Waals surface area contributed by atoms with Gasteiger partial charge in [0.25, 0.3) is 0 Å². The molecule has 0 aromatic rings. The maximum absolute atomic E-state index is 12.8. The van der Waals surface area contributed by atoms with Crippen LogP contribution in [0.1, 0.15) is 6.92 Å². The molecular weight excluding hydrogens is 404 g/mol. The minimum absolute atomic E-state index is 0.161. The van der Waals surface area contributed by atoms with E-state index in [9.17, 15) is 60.7 Å². The Bertz CT molecular complexity index is 590. The standard InChI is InChI=1S/C6H5F10NO4S2/c1-2-17(22(18,19)5(13,14)3(7,8)9)23(20,21)6(15,16)4(10,11)12/h2H2,1H3. The fraction of sp³-hybridized carbons (Fsp3) is 1.00. The molecule has 0 rings (SSSR count). The summed E-state index contributed by atoms with van der Waals surface area (Å²) in [6.07, 6.45) is -13.9. The highest BCUT2D eigenvalue weighted by molar-refractivity contribution is 8.05. The summed E-state index contributed by atoms with van der Waals surface area (Å²) in [4.78, 5) is 0. The summed E-state index contributed by atoms with van der Waals surface area (Å²) in [7, 11) is -15.0. The van der Waals surface area contributed by atoms with Gasteiger partial charge >= 0.3 is 42.9 Å². The van der Waals surface area contributed by atoms with E-state index >= 15 is 0 Å². The van der Waals surface area contributed by atoms with E-state index in [0.29, 0.717) is 0 Å². The van der Waals surface area contributed by atoms with Crippen LogP contribution < -0.4 is 0 Å². The lowest BCUT2D eigenvalue weighted by Gasteiger charge is -2.30. The smallest absolute Gasteiger partial charge is 0.204 e. The summed E-state index contributed by atoms with van der Waals surface area (Å²) in [5.74, 6) is 0. The monoisotopic (exact) mass is 409 g/mol. The molecule has 0 saturated heterocycles. The van der Waals surface area contributed by atoms with Crippen LogP contribution in [0.5, 0.6) is 0 Å². The number of halogens is 10. The predicted octanol–water partition coefficient (Wildman–Crippen LogP) is 2.28. The van der Waals surface area contributed by atoms with Gasteiger partial charge in [-0.25, -0.2) is 16.8 Å². The minimum Gasteiger partial charge on any atom is -0.204 e. The lowest BCUT2D eigenvalue weighted by Crippen LogP contribution is -2.58. The molecule has 0 heterocycles. The van der Waals surface area contributed by atoms with Crippen LogP contribution in [0.4, 0.5) is 43.9 Å². The Kier molecular flexibility index (Phi) is 5.40. The molecule has 23 heavy (non-hydrogen) atoms. The Labute approximate surface area is 122 Å². The number of alkyl halides is 10. The van der Waals surface area contributed by atoms with Gasteiger partial charge in [0.2, 0.25) is 0 Å². The second kappa shape index (κ2) is 5.61. The molecule has 0 saturated carbocycles. The largest absolute Gasteiger partial charge is 0.471 e. The van der Waals surface area contributed by atoms with Gasteiger partial charge in [0.1, 0.15) is 0 Å². The Balaban J connectivity index is 6.48. The molecule has 0 aromatic heterocycles. The van der Waals surface area contributed by atoms with E-state index in [4.69, 9.17) is 0 Å². The van der Waals surface area contributed by atoms with Crippen LogP contribution in [-0.4, -0.2) is 50.0 Å². The van der Waals surface area contributed by atoms with Crippen molar-refractivity contribution in [1.29, 1.82) is 0 Å². The molecule has 0 aliphatic heterocycles. The van der Waals surface area contributed by atoms with Crippen LogP contribution in [0, 0.1) is 0 Å². The van der Waals surface area contributed by atoms with E-state index < -0.39 is 53.2 Å². The fourth-order valence-corrected chi connectivity index (χ4v) is 4.39. The maximum Gasteiger partial charge on any atom is 0.471 e. The van der Waals surface area contributed by atoms with Crippen LogP contribution >= 0.6 is 0 Å². The Morgan fingerprint density at radius 3 is 1.00 bits per heavy atom. The number of hydrogen-bond donors (Lipinski definition) is 0. The molecule has 0 radical (unpaired) electrons. The zero-order valence-electron chi connectivity index (χ0n) is 10.4. The molecule has 0 aliphatic rings. The third kappa shape index (κ3) is 3.21. The van der Waals surface area contributed by atoms with Crippen molar-refractivity contribution < 1.29 is 60.7 Å². The molecule has 140 valence electrons. The van der Waals surface area contributed by atoms with Gasteiger partial charge in [0.05, 0.1) is 0 Å². The Hall–Kier alpha value is -0.840. The summed E-state index contributed by atoms with van der Waals surface area (Å²) in [6.45, 7) is -1.91. The first-order chi connectivity index (χ1) is 9.69. The van der Waals surface area contributed by atoms with Gasteiger partial charge in [-0.1, -0.05) is 10.6 Å². The highest BCUT2D eigenvalue weighted by Gasteiger charge is 2.75. The number of rotatable bonds is 5. The SMILES string of the molecule is CCN(S(=O)(=O)C(F)(F)C(F)(F)F)S(=O)(=O)C(F)(F)C(F)(F)F. The van der Waals surface area contributed by atoms with Crippen LogP contribution in [-0.2, 0) is 20.0 Å². The molecule has 0 spiro atoms.